The molecule has 186 valence electrons. The van der Waals surface area contributed by atoms with Crippen molar-refractivity contribution in [1.82, 2.24) is 25.1 Å². The molecule has 4 heterocycles. The van der Waals surface area contributed by atoms with Crippen LogP contribution in [0.15, 0.2) is 47.4 Å². The summed E-state index contributed by atoms with van der Waals surface area (Å²) < 4.78 is 26.9. The Morgan fingerprint density at radius 1 is 1.33 bits per heavy atom. The van der Waals surface area contributed by atoms with Gasteiger partial charge in [0.25, 0.3) is 11.8 Å². The highest BCUT2D eigenvalue weighted by atomic mass is 19.1. The molecule has 0 bridgehead atoms. The van der Waals surface area contributed by atoms with Crippen LogP contribution < -0.4 is 16.0 Å². The summed E-state index contributed by atoms with van der Waals surface area (Å²) in [4.78, 5) is 27.1. The van der Waals surface area contributed by atoms with Crippen molar-refractivity contribution in [2.75, 3.05) is 22.5 Å². The monoisotopic (exact) mass is 496 g/mol. The van der Waals surface area contributed by atoms with Gasteiger partial charge in [-0.05, 0) is 32.0 Å². The maximum Gasteiger partial charge on any atom is 0.260 e. The summed E-state index contributed by atoms with van der Waals surface area (Å²) in [6.45, 7) is 3.23. The maximum atomic E-state index is 14.9. The number of halogens is 1. The van der Waals surface area contributed by atoms with Crippen molar-refractivity contribution in [2.24, 2.45) is 0 Å². The molecule has 1 fully saturated rings. The third-order valence-electron chi connectivity index (χ3n) is 5.56. The number of carbonyl (C=O) groups is 2. The highest BCUT2D eigenvalue weighted by Crippen LogP contribution is 2.30. The summed E-state index contributed by atoms with van der Waals surface area (Å²) in [6, 6.07) is 6.17. The number of nitrogens with two attached hydrogens (primary N) is 1. The molecular formula is C22H21FN8O5. The first-order valence-corrected chi connectivity index (χ1v) is 10.8. The van der Waals surface area contributed by atoms with E-state index in [1.165, 1.54) is 29.2 Å². The molecule has 0 radical (unpaired) electrons. The average molecular weight is 496 g/mol. The maximum absolute atomic E-state index is 14.9. The number of carbonyl (C=O) groups excluding carboxylic acids is 2. The third kappa shape index (κ3) is 4.23. The number of nitrogens with one attached hydrogen (secondary N) is 1. The smallest absolute Gasteiger partial charge is 0.260 e. The van der Waals surface area contributed by atoms with Crippen molar-refractivity contribution in [3.63, 3.8) is 0 Å². The normalized spacial score (nSPS) is 18.4. The molecule has 3 aromatic heterocycles. The second-order valence-electron chi connectivity index (χ2n) is 8.78. The topological polar surface area (TPSA) is 175 Å². The van der Waals surface area contributed by atoms with Crippen LogP contribution in [-0.4, -0.2) is 66.4 Å². The molecule has 36 heavy (non-hydrogen) atoms. The third-order valence-corrected chi connectivity index (χ3v) is 5.56. The molecular weight excluding hydrogens is 475 g/mol. The molecule has 2 atom stereocenters. The summed E-state index contributed by atoms with van der Waals surface area (Å²) >= 11 is 0. The number of hydrogen-bond acceptors (Lipinski definition) is 10. The Hall–Kier alpha value is -4.43. The minimum absolute atomic E-state index is 0.0667. The van der Waals surface area contributed by atoms with Gasteiger partial charge >= 0.3 is 0 Å². The molecule has 2 amide bonds. The molecule has 1 aliphatic heterocycles. The van der Waals surface area contributed by atoms with Crippen molar-refractivity contribution in [3.8, 4) is 5.69 Å². The van der Waals surface area contributed by atoms with E-state index in [2.05, 4.69) is 25.8 Å². The number of morpholine rings is 1. The van der Waals surface area contributed by atoms with Gasteiger partial charge < -0.3 is 25.4 Å². The van der Waals surface area contributed by atoms with E-state index in [1.807, 2.05) is 0 Å². The van der Waals surface area contributed by atoms with Crippen LogP contribution in [0, 0.1) is 5.82 Å². The number of benzene rings is 1. The van der Waals surface area contributed by atoms with Gasteiger partial charge in [-0.25, -0.2) is 9.07 Å². The van der Waals surface area contributed by atoms with E-state index in [9.17, 15) is 19.1 Å². The number of fused-ring (bicyclic) bond motifs is 1. The Labute approximate surface area is 202 Å². The van der Waals surface area contributed by atoms with E-state index in [1.54, 1.807) is 26.0 Å². The molecule has 0 spiro atoms. The number of amides is 2. The zero-order valence-electron chi connectivity index (χ0n) is 19.1. The number of aromatic nitrogens is 5. The van der Waals surface area contributed by atoms with E-state index in [0.29, 0.717) is 16.7 Å². The van der Waals surface area contributed by atoms with E-state index in [-0.39, 0.29) is 23.9 Å². The van der Waals surface area contributed by atoms with E-state index >= 15 is 0 Å². The van der Waals surface area contributed by atoms with Crippen LogP contribution in [0.25, 0.3) is 16.7 Å². The number of nitrogen functional groups attached to an aromatic ring is 1. The predicted molar refractivity (Wildman–Crippen MR) is 123 cm³/mol. The lowest BCUT2D eigenvalue weighted by Crippen LogP contribution is -2.61. The summed E-state index contributed by atoms with van der Waals surface area (Å²) in [5.41, 5.74) is 5.68. The first-order chi connectivity index (χ1) is 17.1. The van der Waals surface area contributed by atoms with Crippen molar-refractivity contribution < 1.29 is 28.3 Å². The molecule has 5 rings (SSSR count). The molecule has 1 aliphatic rings. The van der Waals surface area contributed by atoms with Crippen LogP contribution in [0.4, 0.5) is 21.7 Å². The predicted octanol–water partition coefficient (Wildman–Crippen LogP) is 1.03. The molecule has 1 saturated heterocycles. The number of ether oxygens (including phenoxy) is 1. The van der Waals surface area contributed by atoms with E-state index in [0.717, 1.165) is 11.1 Å². The highest BCUT2D eigenvalue weighted by molar-refractivity contribution is 6.04. The van der Waals surface area contributed by atoms with Crippen LogP contribution in [0.5, 0.6) is 0 Å². The van der Waals surface area contributed by atoms with Gasteiger partial charge in [0, 0.05) is 11.8 Å². The van der Waals surface area contributed by atoms with E-state index < -0.39 is 35.4 Å². The van der Waals surface area contributed by atoms with Gasteiger partial charge in [0.15, 0.2) is 35.2 Å². The second kappa shape index (κ2) is 8.66. The lowest BCUT2D eigenvalue weighted by atomic mass is 10.0. The summed E-state index contributed by atoms with van der Waals surface area (Å²) in [5, 5.41) is 29.0. The number of aliphatic hydroxyl groups is 1. The fourth-order valence-corrected chi connectivity index (χ4v) is 3.89. The Bertz CT molecular complexity index is 1450. The average Bonchev–Trinajstić information content (AvgIpc) is 3.42. The van der Waals surface area contributed by atoms with Crippen LogP contribution >= 0.6 is 0 Å². The first-order valence-electron chi connectivity index (χ1n) is 10.8. The molecule has 4 aromatic rings. The first kappa shape index (κ1) is 23.3. The molecule has 0 aliphatic carbocycles. The standard InChI is InChI=1S/C22H21FN8O5/c1-22(2)10-30(19-14(23)9-31(28-19)12-5-6-25-26-8-12)21(34)17(35-22)16(32)20(33)27-11-3-4-13-15(7-11)36-29-18(13)24/h3-9,16-17,32H,10H2,1-2H3,(H2,24,29)(H,27,33)/t16-,17-/m1/s1. The Morgan fingerprint density at radius 3 is 2.89 bits per heavy atom. The summed E-state index contributed by atoms with van der Waals surface area (Å²) in [5.74, 6) is -2.60. The van der Waals surface area contributed by atoms with Crippen molar-refractivity contribution in [2.45, 2.75) is 31.7 Å². The lowest BCUT2D eigenvalue weighted by molar-refractivity contribution is -0.169. The Morgan fingerprint density at radius 2 is 2.14 bits per heavy atom. The van der Waals surface area contributed by atoms with Gasteiger partial charge in [-0.2, -0.15) is 10.2 Å². The van der Waals surface area contributed by atoms with Gasteiger partial charge in [-0.3, -0.25) is 14.5 Å². The van der Waals surface area contributed by atoms with Crippen LogP contribution in [0.1, 0.15) is 13.8 Å². The summed E-state index contributed by atoms with van der Waals surface area (Å²) in [7, 11) is 0. The van der Waals surface area contributed by atoms with Crippen LogP contribution in [-0.2, 0) is 14.3 Å². The van der Waals surface area contributed by atoms with Crippen molar-refractivity contribution in [3.05, 3.63) is 48.7 Å². The largest absolute Gasteiger partial charge is 0.380 e. The zero-order valence-corrected chi connectivity index (χ0v) is 19.1. The number of hydrogen-bond donors (Lipinski definition) is 3. The zero-order chi connectivity index (χ0) is 25.6. The van der Waals surface area contributed by atoms with Crippen LogP contribution in [0.3, 0.4) is 0 Å². The quantitative estimate of drug-likeness (QED) is 0.362. The SMILES string of the molecule is CC1(C)CN(c2nn(-c3ccnnc3)cc2F)C(=O)[C@@H]([C@@H](O)C(=O)Nc2ccc3c(N)noc3c2)O1. The number of aliphatic hydroxyl groups excluding tert-OH is 1. The fraction of sp³-hybridized carbons (Fsp3) is 0.273. The van der Waals surface area contributed by atoms with Gasteiger partial charge in [0.2, 0.25) is 0 Å². The number of anilines is 3. The number of nitrogens with zero attached hydrogens (tertiary/aromatic N) is 6. The molecule has 1 aromatic carbocycles. The van der Waals surface area contributed by atoms with Gasteiger partial charge in [0.05, 0.1) is 41.8 Å². The Kier molecular flexibility index (Phi) is 5.61. The van der Waals surface area contributed by atoms with Crippen LogP contribution in [0.2, 0.25) is 0 Å². The molecule has 14 heteroatoms. The Balaban J connectivity index is 1.38. The van der Waals surface area contributed by atoms with Gasteiger partial charge in [0.1, 0.15) is 0 Å². The van der Waals surface area contributed by atoms with Gasteiger partial charge in [-0.1, -0.05) is 5.16 Å². The fourth-order valence-electron chi connectivity index (χ4n) is 3.89. The summed E-state index contributed by atoms with van der Waals surface area (Å²) in [6.07, 6.45) is 0.350. The molecule has 13 nitrogen and oxygen atoms in total. The van der Waals surface area contributed by atoms with E-state index in [4.69, 9.17) is 15.0 Å². The molecule has 4 N–H and O–H groups in total. The number of rotatable bonds is 5. The molecule has 0 saturated carbocycles. The minimum Gasteiger partial charge on any atom is -0.380 e. The lowest BCUT2D eigenvalue weighted by Gasteiger charge is -2.42. The van der Waals surface area contributed by atoms with Crippen molar-refractivity contribution >= 4 is 40.1 Å². The van der Waals surface area contributed by atoms with Crippen molar-refractivity contribution in [1.29, 1.82) is 0 Å². The van der Waals surface area contributed by atoms with Gasteiger partial charge in [-0.15, -0.1) is 5.10 Å². The second-order valence-corrected chi connectivity index (χ2v) is 8.78. The minimum atomic E-state index is -1.91. The molecule has 0 unspecified atom stereocenters. The highest BCUT2D eigenvalue weighted by Gasteiger charge is 2.47.